The van der Waals surface area contributed by atoms with E-state index in [1.165, 1.54) is 0 Å². The number of hydrogen-bond acceptors (Lipinski definition) is 5. The minimum Gasteiger partial charge on any atom is -0.393 e. The lowest BCUT2D eigenvalue weighted by molar-refractivity contribution is -0.124. The summed E-state index contributed by atoms with van der Waals surface area (Å²) in [5, 5.41) is 14.3. The van der Waals surface area contributed by atoms with Gasteiger partial charge in [0.25, 0.3) is 0 Å². The van der Waals surface area contributed by atoms with Gasteiger partial charge in [-0.3, -0.25) is 9.48 Å². The summed E-state index contributed by atoms with van der Waals surface area (Å²) in [5.41, 5.74) is 8.98. The molecule has 1 saturated carbocycles. The van der Waals surface area contributed by atoms with Gasteiger partial charge in [-0.2, -0.15) is 5.10 Å². The van der Waals surface area contributed by atoms with Gasteiger partial charge in [0.05, 0.1) is 36.9 Å². The first-order valence-electron chi connectivity index (χ1n) is 11.5. The number of carbonyl (C=O) groups excluding carboxylic acids is 1. The molecular weight excluding hydrogens is 420 g/mol. The number of aromatic nitrogens is 3. The van der Waals surface area contributed by atoms with Crippen LogP contribution in [0, 0.1) is 0 Å². The zero-order chi connectivity index (χ0) is 24.2. The number of ketones is 1. The Morgan fingerprint density at radius 3 is 2.76 bits per heavy atom. The average molecular weight is 457 g/mol. The number of aliphatic hydroxyl groups is 1. The van der Waals surface area contributed by atoms with Crippen LogP contribution in [0.5, 0.6) is 0 Å². The summed E-state index contributed by atoms with van der Waals surface area (Å²) < 4.78 is 6.79. The molecule has 3 rings (SSSR count). The number of aliphatic hydroxyl groups excluding tert-OH is 1. The molecule has 9 nitrogen and oxygen atoms in total. The van der Waals surface area contributed by atoms with Gasteiger partial charge in [-0.25, -0.2) is 9.98 Å². The highest BCUT2D eigenvalue weighted by molar-refractivity contribution is 5.96. The third-order valence-electron chi connectivity index (χ3n) is 6.42. The molecule has 4 N–H and O–H groups in total. The predicted molar refractivity (Wildman–Crippen MR) is 130 cm³/mol. The Hall–Kier alpha value is -2.78. The minimum atomic E-state index is -0.736. The van der Waals surface area contributed by atoms with E-state index in [-0.39, 0.29) is 23.9 Å². The predicted octanol–water partition coefficient (Wildman–Crippen LogP) is 2.99. The second-order valence-corrected chi connectivity index (χ2v) is 9.40. The fourth-order valence-corrected chi connectivity index (χ4v) is 4.04. The highest BCUT2D eigenvalue weighted by Crippen LogP contribution is 2.35. The van der Waals surface area contributed by atoms with Crippen molar-refractivity contribution in [2.24, 2.45) is 15.7 Å². The Balaban J connectivity index is 1.95. The zero-order valence-corrected chi connectivity index (χ0v) is 20.2. The molecule has 9 heteroatoms. The van der Waals surface area contributed by atoms with Crippen LogP contribution in [0.1, 0.15) is 70.7 Å². The van der Waals surface area contributed by atoms with Gasteiger partial charge in [0.1, 0.15) is 5.54 Å². The Bertz CT molecular complexity index is 1010. The molecule has 1 fully saturated rings. The number of nitrogens with zero attached hydrogens (tertiary/aromatic N) is 4. The molecular formula is C24H36N6O3. The van der Waals surface area contributed by atoms with E-state index < -0.39 is 5.54 Å². The number of rotatable bonds is 8. The van der Waals surface area contributed by atoms with E-state index in [0.29, 0.717) is 12.5 Å². The second kappa shape index (κ2) is 10.4. The van der Waals surface area contributed by atoms with Gasteiger partial charge in [0, 0.05) is 30.1 Å². The van der Waals surface area contributed by atoms with Crippen LogP contribution in [0.3, 0.4) is 0 Å². The quantitative estimate of drug-likeness (QED) is 0.415. The SMILES string of the molecule is COC[C@H](C)N=C(N)N=Cc1[nH]c(C2CCC(O)CC2)cc1-c1cnn(C(C)(C)C(C)=O)c1. The first kappa shape index (κ1) is 24.9. The lowest BCUT2D eigenvalue weighted by Crippen LogP contribution is -2.34. The smallest absolute Gasteiger partial charge is 0.215 e. The van der Waals surface area contributed by atoms with Crippen LogP contribution in [0.2, 0.25) is 0 Å². The molecule has 0 spiro atoms. The molecule has 0 saturated heterocycles. The summed E-state index contributed by atoms with van der Waals surface area (Å²) in [7, 11) is 1.62. The number of nitrogens with two attached hydrogens (primary N) is 1. The monoisotopic (exact) mass is 456 g/mol. The van der Waals surface area contributed by atoms with Gasteiger partial charge < -0.3 is 20.6 Å². The number of aromatic amines is 1. The van der Waals surface area contributed by atoms with E-state index >= 15 is 0 Å². The van der Waals surface area contributed by atoms with Crippen molar-refractivity contribution in [3.05, 3.63) is 29.8 Å². The average Bonchev–Trinajstić information content (AvgIpc) is 3.40. The van der Waals surface area contributed by atoms with Gasteiger partial charge in [-0.05, 0) is 65.4 Å². The summed E-state index contributed by atoms with van der Waals surface area (Å²) in [5.74, 6) is 0.546. The van der Waals surface area contributed by atoms with Crippen molar-refractivity contribution in [1.29, 1.82) is 0 Å². The second-order valence-electron chi connectivity index (χ2n) is 9.40. The largest absolute Gasteiger partial charge is 0.393 e. The van der Waals surface area contributed by atoms with Gasteiger partial charge >= 0.3 is 0 Å². The van der Waals surface area contributed by atoms with E-state index in [1.807, 2.05) is 27.0 Å². The number of carbonyl (C=O) groups is 1. The molecule has 0 unspecified atom stereocenters. The number of methoxy groups -OCH3 is 1. The van der Waals surface area contributed by atoms with Crippen LogP contribution in [0.25, 0.3) is 11.1 Å². The van der Waals surface area contributed by atoms with Crippen molar-refractivity contribution in [2.75, 3.05) is 13.7 Å². The maximum Gasteiger partial charge on any atom is 0.215 e. The molecule has 0 aromatic carbocycles. The maximum atomic E-state index is 12.1. The van der Waals surface area contributed by atoms with Crippen molar-refractivity contribution < 1.29 is 14.6 Å². The molecule has 33 heavy (non-hydrogen) atoms. The summed E-state index contributed by atoms with van der Waals surface area (Å²) in [6.45, 7) is 7.64. The molecule has 0 aliphatic heterocycles. The highest BCUT2D eigenvalue weighted by Gasteiger charge is 2.28. The van der Waals surface area contributed by atoms with Crippen LogP contribution < -0.4 is 5.73 Å². The molecule has 0 bridgehead atoms. The lowest BCUT2D eigenvalue weighted by Gasteiger charge is -2.24. The summed E-state index contributed by atoms with van der Waals surface area (Å²) in [6.07, 6.45) is 8.55. The molecule has 1 aliphatic rings. The van der Waals surface area contributed by atoms with Crippen LogP contribution >= 0.6 is 0 Å². The van der Waals surface area contributed by atoms with Gasteiger partial charge in [0.15, 0.2) is 5.78 Å². The Morgan fingerprint density at radius 1 is 1.42 bits per heavy atom. The summed E-state index contributed by atoms with van der Waals surface area (Å²) in [4.78, 5) is 24.3. The van der Waals surface area contributed by atoms with Crippen LogP contribution in [0.15, 0.2) is 28.4 Å². The number of aliphatic imine (C=N–C) groups is 2. The van der Waals surface area contributed by atoms with Crippen molar-refractivity contribution in [1.82, 2.24) is 14.8 Å². The number of hydrogen-bond donors (Lipinski definition) is 3. The van der Waals surface area contributed by atoms with Crippen molar-refractivity contribution in [3.63, 3.8) is 0 Å². The van der Waals surface area contributed by atoms with E-state index in [2.05, 4.69) is 26.1 Å². The summed E-state index contributed by atoms with van der Waals surface area (Å²) in [6, 6.07) is 2.03. The molecule has 2 aromatic rings. The normalized spacial score (nSPS) is 21.0. The summed E-state index contributed by atoms with van der Waals surface area (Å²) >= 11 is 0. The number of H-pyrrole nitrogens is 1. The lowest BCUT2D eigenvalue weighted by atomic mass is 9.85. The minimum absolute atomic E-state index is 0.0311. The number of ether oxygens (including phenoxy) is 1. The fourth-order valence-electron chi connectivity index (χ4n) is 4.04. The van der Waals surface area contributed by atoms with Crippen LogP contribution in [-0.2, 0) is 15.1 Å². The van der Waals surface area contributed by atoms with Crippen molar-refractivity contribution >= 4 is 18.0 Å². The van der Waals surface area contributed by atoms with Crippen LogP contribution in [-0.4, -0.2) is 63.7 Å². The van der Waals surface area contributed by atoms with Crippen molar-refractivity contribution in [3.8, 4) is 11.1 Å². The Kier molecular flexibility index (Phi) is 7.86. The molecule has 1 atom stereocenters. The maximum absolute atomic E-state index is 12.1. The standard InChI is InChI=1S/C24H36N6O3/c1-15(14-33-5)28-23(25)26-12-22-20(10-21(29-22)17-6-8-19(32)9-7-17)18-11-27-30(13-18)24(3,4)16(2)31/h10-13,15,17,19,29,32H,6-9,14H2,1-5H3,(H2,25,28)/t15-,17?,19?/m0/s1. The topological polar surface area (TPSA) is 131 Å². The molecule has 0 radical (unpaired) electrons. The van der Waals surface area contributed by atoms with Gasteiger partial charge in [-0.15, -0.1) is 0 Å². The van der Waals surface area contributed by atoms with E-state index in [1.54, 1.807) is 31.1 Å². The van der Waals surface area contributed by atoms with Gasteiger partial charge in [-0.1, -0.05) is 0 Å². The molecule has 1 aliphatic carbocycles. The highest BCUT2D eigenvalue weighted by atomic mass is 16.5. The number of Topliss-reactive ketones (excluding diaryl/α,β-unsaturated/α-hetero) is 1. The van der Waals surface area contributed by atoms with E-state index in [9.17, 15) is 9.90 Å². The number of nitrogens with one attached hydrogen (secondary N) is 1. The van der Waals surface area contributed by atoms with E-state index in [4.69, 9.17) is 10.5 Å². The van der Waals surface area contributed by atoms with Gasteiger partial charge in [0.2, 0.25) is 5.96 Å². The Labute approximate surface area is 195 Å². The first-order chi connectivity index (χ1) is 15.6. The third-order valence-corrected chi connectivity index (χ3v) is 6.42. The number of guanidine groups is 1. The molecule has 2 heterocycles. The zero-order valence-electron chi connectivity index (χ0n) is 20.2. The van der Waals surface area contributed by atoms with E-state index in [0.717, 1.165) is 48.2 Å². The molecule has 180 valence electrons. The first-order valence-corrected chi connectivity index (χ1v) is 11.5. The Morgan fingerprint density at radius 2 is 2.12 bits per heavy atom. The fraction of sp³-hybridized carbons (Fsp3) is 0.583. The third kappa shape index (κ3) is 5.97. The molecule has 2 aromatic heterocycles. The van der Waals surface area contributed by atoms with Crippen molar-refractivity contribution in [2.45, 2.75) is 77.0 Å². The molecule has 0 amide bonds. The van der Waals surface area contributed by atoms with Crippen LogP contribution in [0.4, 0.5) is 0 Å².